The highest BCUT2D eigenvalue weighted by Crippen LogP contribution is 2.65. The molecule has 4 aromatic rings. The summed E-state index contributed by atoms with van der Waals surface area (Å²) in [5, 5.41) is 0. The monoisotopic (exact) mass is 614 g/mol. The van der Waals surface area contributed by atoms with Gasteiger partial charge >= 0.3 is 0 Å². The Kier molecular flexibility index (Phi) is 12.8. The quantitative estimate of drug-likeness (QED) is 0.186. The van der Waals surface area contributed by atoms with Crippen molar-refractivity contribution in [2.24, 2.45) is 0 Å². The minimum Gasteiger partial charge on any atom is -0.375 e. The van der Waals surface area contributed by atoms with Crippen LogP contribution < -0.4 is 0 Å². The van der Waals surface area contributed by atoms with Crippen LogP contribution in [0.3, 0.4) is 0 Å². The van der Waals surface area contributed by atoms with E-state index in [0.717, 1.165) is 75.7 Å². The van der Waals surface area contributed by atoms with Crippen LogP contribution in [0.2, 0.25) is 0 Å². The average molecular weight is 615 g/mol. The third-order valence-electron chi connectivity index (χ3n) is 8.66. The molecule has 0 atom stereocenters. The van der Waals surface area contributed by atoms with Gasteiger partial charge in [0, 0.05) is 14.5 Å². The second-order valence-corrected chi connectivity index (χ2v) is 20.4. The molecule has 1 aliphatic rings. The van der Waals surface area contributed by atoms with Crippen molar-refractivity contribution in [2.45, 2.75) is 24.6 Å². The minimum atomic E-state index is -1.45. The lowest BCUT2D eigenvalue weighted by molar-refractivity contribution is 0.0597. The van der Waals surface area contributed by atoms with E-state index in [2.05, 4.69) is 121 Å². The zero-order valence-corrected chi connectivity index (χ0v) is 27.4. The highest BCUT2D eigenvalue weighted by atomic mass is 31.2. The van der Waals surface area contributed by atoms with Gasteiger partial charge in [-0.1, -0.05) is 121 Å². The van der Waals surface area contributed by atoms with E-state index >= 15 is 0 Å². The van der Waals surface area contributed by atoms with E-state index in [1.165, 1.54) is 22.3 Å². The van der Waals surface area contributed by atoms with Gasteiger partial charge in [-0.2, -0.15) is 0 Å². The van der Waals surface area contributed by atoms with Gasteiger partial charge in [-0.3, -0.25) is 0 Å². The van der Waals surface area contributed by atoms with Crippen LogP contribution in [0.15, 0.2) is 121 Å². The van der Waals surface area contributed by atoms with E-state index in [4.69, 9.17) is 14.2 Å². The molecule has 3 nitrogen and oxygen atoms in total. The summed E-state index contributed by atoms with van der Waals surface area (Å²) in [5.41, 5.74) is 5.74. The molecule has 43 heavy (non-hydrogen) atoms. The second-order valence-electron chi connectivity index (χ2n) is 12.0. The van der Waals surface area contributed by atoms with Crippen molar-refractivity contribution in [3.8, 4) is 0 Å². The molecule has 0 radical (unpaired) electrons. The largest absolute Gasteiger partial charge is 0.375 e. The molecule has 0 spiro atoms. The Morgan fingerprint density at radius 3 is 0.814 bits per heavy atom. The van der Waals surface area contributed by atoms with E-state index in [0.29, 0.717) is 13.2 Å². The first-order valence-corrected chi connectivity index (χ1v) is 20.9. The van der Waals surface area contributed by atoms with Gasteiger partial charge in [0.1, 0.15) is 0 Å². The van der Waals surface area contributed by atoms with Gasteiger partial charge in [-0.25, -0.2) is 0 Å². The molecule has 5 heteroatoms. The summed E-state index contributed by atoms with van der Waals surface area (Å²) < 4.78 is 19.2. The zero-order chi connectivity index (χ0) is 29.5. The predicted octanol–water partition coefficient (Wildman–Crippen LogP) is 8.89. The maximum atomic E-state index is 6.65. The molecule has 0 unspecified atom stereocenters. The normalized spacial score (nSPS) is 18.2. The molecular formula is C38H48O3P2+2. The summed E-state index contributed by atoms with van der Waals surface area (Å²) in [6, 6.07) is 44.2. The van der Waals surface area contributed by atoms with Gasteiger partial charge in [0.25, 0.3) is 0 Å². The molecule has 0 aromatic heterocycles. The highest BCUT2D eigenvalue weighted by molar-refractivity contribution is 7.74. The third-order valence-corrected chi connectivity index (χ3v) is 17.3. The molecule has 0 amide bonds. The molecule has 4 aromatic carbocycles. The van der Waals surface area contributed by atoms with Crippen molar-refractivity contribution < 1.29 is 14.2 Å². The maximum absolute atomic E-state index is 6.65. The van der Waals surface area contributed by atoms with Gasteiger partial charge in [-0.05, 0) is 22.3 Å². The molecule has 0 N–H and O–H groups in total. The van der Waals surface area contributed by atoms with Crippen molar-refractivity contribution in [1.29, 1.82) is 0 Å². The average Bonchev–Trinajstić information content (AvgIpc) is 3.04. The van der Waals surface area contributed by atoms with Crippen LogP contribution in [-0.4, -0.2) is 64.3 Å². The first kappa shape index (κ1) is 32.0. The van der Waals surface area contributed by atoms with Gasteiger partial charge < -0.3 is 14.2 Å². The van der Waals surface area contributed by atoms with Crippen LogP contribution in [0, 0.1) is 0 Å². The molecule has 5 rings (SSSR count). The molecule has 0 saturated carbocycles. The van der Waals surface area contributed by atoms with Crippen LogP contribution in [-0.2, 0) is 38.9 Å². The van der Waals surface area contributed by atoms with Crippen LogP contribution in [0.5, 0.6) is 0 Å². The lowest BCUT2D eigenvalue weighted by Gasteiger charge is -2.29. The van der Waals surface area contributed by atoms with E-state index < -0.39 is 14.5 Å². The van der Waals surface area contributed by atoms with Crippen LogP contribution in [0.4, 0.5) is 0 Å². The van der Waals surface area contributed by atoms with Gasteiger partial charge in [0.15, 0.2) is 0 Å². The Morgan fingerprint density at radius 2 is 0.558 bits per heavy atom. The number of rotatable bonds is 8. The van der Waals surface area contributed by atoms with E-state index in [9.17, 15) is 0 Å². The molecule has 1 aliphatic heterocycles. The van der Waals surface area contributed by atoms with Crippen molar-refractivity contribution in [1.82, 2.24) is 0 Å². The van der Waals surface area contributed by atoms with E-state index in [1.807, 2.05) is 0 Å². The van der Waals surface area contributed by atoms with Crippen LogP contribution >= 0.6 is 14.5 Å². The van der Waals surface area contributed by atoms with Crippen LogP contribution in [0.1, 0.15) is 22.3 Å². The minimum absolute atomic E-state index is 0.663. The number of ether oxygens (including phenoxy) is 3. The van der Waals surface area contributed by atoms with Crippen molar-refractivity contribution in [3.63, 3.8) is 0 Å². The maximum Gasteiger partial charge on any atom is 0.0847 e. The van der Waals surface area contributed by atoms with Crippen molar-refractivity contribution in [2.75, 3.05) is 64.3 Å². The number of hydrogen-bond donors (Lipinski definition) is 0. The van der Waals surface area contributed by atoms with Crippen molar-refractivity contribution >= 4 is 14.5 Å². The number of benzene rings is 4. The lowest BCUT2D eigenvalue weighted by atomic mass is 10.2. The van der Waals surface area contributed by atoms with Gasteiger partial charge in [0.05, 0.1) is 88.9 Å². The Hall–Kier alpha value is -2.38. The molecule has 1 saturated heterocycles. The third kappa shape index (κ3) is 10.6. The highest BCUT2D eigenvalue weighted by Gasteiger charge is 2.40. The molecular weight excluding hydrogens is 566 g/mol. The fraction of sp³-hybridized carbons (Fsp3) is 0.368. The van der Waals surface area contributed by atoms with E-state index in [1.54, 1.807) is 0 Å². The lowest BCUT2D eigenvalue weighted by Crippen LogP contribution is -2.19. The summed E-state index contributed by atoms with van der Waals surface area (Å²) >= 11 is 0. The molecule has 1 fully saturated rings. The summed E-state index contributed by atoms with van der Waals surface area (Å²) in [6.45, 7) is 4.54. The first-order chi connectivity index (χ1) is 21.2. The number of hydrogen-bond acceptors (Lipinski definition) is 3. The fourth-order valence-corrected chi connectivity index (χ4v) is 14.3. The summed E-state index contributed by atoms with van der Waals surface area (Å²) in [6.07, 6.45) is 8.99. The fourth-order valence-electron chi connectivity index (χ4n) is 6.31. The van der Waals surface area contributed by atoms with E-state index in [-0.39, 0.29) is 0 Å². The summed E-state index contributed by atoms with van der Waals surface area (Å²) in [4.78, 5) is 0. The summed E-state index contributed by atoms with van der Waals surface area (Å²) in [5.74, 6) is 0. The van der Waals surface area contributed by atoms with Gasteiger partial charge in [0.2, 0.25) is 0 Å². The second kappa shape index (κ2) is 17.2. The Morgan fingerprint density at radius 1 is 0.326 bits per heavy atom. The topological polar surface area (TPSA) is 27.7 Å². The van der Waals surface area contributed by atoms with Crippen molar-refractivity contribution in [3.05, 3.63) is 144 Å². The van der Waals surface area contributed by atoms with Gasteiger partial charge in [-0.15, -0.1) is 0 Å². The molecule has 0 aliphatic carbocycles. The van der Waals surface area contributed by atoms with Crippen LogP contribution in [0.25, 0.3) is 0 Å². The Bertz CT molecular complexity index is 1120. The summed E-state index contributed by atoms with van der Waals surface area (Å²) in [7, 11) is -2.89. The molecule has 1 heterocycles. The first-order valence-electron chi connectivity index (χ1n) is 15.8. The standard InChI is InChI=1S/C38H48O3P2/c1-5-13-35(14-6-1)31-42(32-36-15-7-2-8-16-36)27-23-39-21-22-40-24-28-43(30-26-41-25-29-42,33-37-17-9-3-10-18-37)34-38-19-11-4-12-20-38/h1-20H,21-34H2/q+2. The molecule has 226 valence electrons. The molecule has 0 bridgehead atoms. The smallest absolute Gasteiger partial charge is 0.0847 e. The Labute approximate surface area is 260 Å². The SMILES string of the molecule is c1ccc(C[P+]2(Cc3ccccc3)CCOCCOCC[P+](Cc3ccccc3)(Cc3ccccc3)CCOCC2)cc1. The Balaban J connectivity index is 1.36. The predicted molar refractivity (Wildman–Crippen MR) is 186 cm³/mol. The zero-order valence-electron chi connectivity index (χ0n) is 25.6.